The Labute approximate surface area is 158 Å². The Hall–Kier alpha value is -1.99. The quantitative estimate of drug-likeness (QED) is 0.643. The summed E-state index contributed by atoms with van der Waals surface area (Å²) in [5, 5.41) is 2.45. The molecule has 0 aliphatic heterocycles. The zero-order valence-corrected chi connectivity index (χ0v) is 15.3. The van der Waals surface area contributed by atoms with Crippen LogP contribution in [0.1, 0.15) is 19.4 Å². The molecule has 1 heterocycles. The Morgan fingerprint density at radius 1 is 1.23 bits per heavy atom. The second-order valence-corrected chi connectivity index (χ2v) is 6.78. The topological polar surface area (TPSA) is 51.2 Å². The van der Waals surface area contributed by atoms with E-state index in [-0.39, 0.29) is 22.7 Å². The molecule has 26 heavy (non-hydrogen) atoms. The molecule has 0 radical (unpaired) electrons. The lowest BCUT2D eigenvalue weighted by molar-refractivity contribution is -0.137. The minimum Gasteiger partial charge on any atom is -0.438 e. The number of hydrogen-bond donors (Lipinski definition) is 1. The second kappa shape index (κ2) is 7.72. The van der Waals surface area contributed by atoms with Gasteiger partial charge in [0.25, 0.3) is 0 Å². The Kier molecular flexibility index (Phi) is 6.03. The Bertz CT molecular complexity index is 794. The third-order valence-corrected chi connectivity index (χ3v) is 4.35. The van der Waals surface area contributed by atoms with Gasteiger partial charge in [-0.15, -0.1) is 11.6 Å². The van der Waals surface area contributed by atoms with Gasteiger partial charge in [-0.2, -0.15) is 13.2 Å². The maximum atomic E-state index is 12.6. The highest BCUT2D eigenvalue weighted by Gasteiger charge is 2.32. The summed E-state index contributed by atoms with van der Waals surface area (Å²) in [4.78, 5) is 15.6. The molecule has 1 aromatic heterocycles. The normalized spacial score (nSPS) is 12.0. The molecule has 1 amide bonds. The molecule has 0 atom stereocenters. The van der Waals surface area contributed by atoms with Gasteiger partial charge in [0.05, 0.1) is 11.0 Å². The van der Waals surface area contributed by atoms with E-state index >= 15 is 0 Å². The van der Waals surface area contributed by atoms with Crippen molar-refractivity contribution in [2.75, 3.05) is 11.2 Å². The molecule has 0 fully saturated rings. The first-order chi connectivity index (χ1) is 12.0. The summed E-state index contributed by atoms with van der Waals surface area (Å²) < 4.78 is 43.2. The van der Waals surface area contributed by atoms with E-state index in [4.69, 9.17) is 27.9 Å². The summed E-state index contributed by atoms with van der Waals surface area (Å²) >= 11 is 11.5. The van der Waals surface area contributed by atoms with Gasteiger partial charge in [-0.25, -0.2) is 4.98 Å². The number of nitrogens with one attached hydrogen (secondary N) is 1. The van der Waals surface area contributed by atoms with Crippen LogP contribution in [0, 0.1) is 5.41 Å². The Morgan fingerprint density at radius 2 is 1.85 bits per heavy atom. The number of rotatable bonds is 5. The van der Waals surface area contributed by atoms with Crippen LogP contribution in [-0.2, 0) is 11.0 Å². The predicted octanol–water partition coefficient (Wildman–Crippen LogP) is 5.75. The first-order valence-electron chi connectivity index (χ1n) is 7.41. The lowest BCUT2D eigenvalue weighted by Crippen LogP contribution is -2.32. The molecule has 0 unspecified atom stereocenters. The van der Waals surface area contributed by atoms with E-state index in [1.807, 2.05) is 0 Å². The van der Waals surface area contributed by atoms with Crippen molar-refractivity contribution in [2.45, 2.75) is 20.0 Å². The van der Waals surface area contributed by atoms with Crippen molar-refractivity contribution in [3.8, 4) is 11.6 Å². The molecule has 9 heteroatoms. The maximum Gasteiger partial charge on any atom is 0.417 e. The molecule has 0 spiro atoms. The van der Waals surface area contributed by atoms with Crippen molar-refractivity contribution in [1.82, 2.24) is 4.98 Å². The fourth-order valence-corrected chi connectivity index (χ4v) is 2.06. The van der Waals surface area contributed by atoms with Gasteiger partial charge >= 0.3 is 6.18 Å². The lowest BCUT2D eigenvalue weighted by Gasteiger charge is -2.20. The highest BCUT2D eigenvalue weighted by atomic mass is 35.5. The van der Waals surface area contributed by atoms with Crippen molar-refractivity contribution in [3.05, 3.63) is 47.1 Å². The van der Waals surface area contributed by atoms with E-state index in [0.717, 1.165) is 6.07 Å². The van der Waals surface area contributed by atoms with Crippen LogP contribution in [0.15, 0.2) is 36.5 Å². The third-order valence-electron chi connectivity index (χ3n) is 3.41. The van der Waals surface area contributed by atoms with Crippen LogP contribution in [0.3, 0.4) is 0 Å². The van der Waals surface area contributed by atoms with Gasteiger partial charge in [-0.3, -0.25) is 4.79 Å². The summed E-state index contributed by atoms with van der Waals surface area (Å²) in [6.07, 6.45) is -3.89. The average molecular weight is 407 g/mol. The van der Waals surface area contributed by atoms with Gasteiger partial charge in [0.15, 0.2) is 0 Å². The number of ether oxygens (including phenoxy) is 1. The van der Waals surface area contributed by atoms with E-state index < -0.39 is 17.2 Å². The van der Waals surface area contributed by atoms with E-state index in [9.17, 15) is 18.0 Å². The van der Waals surface area contributed by atoms with Crippen LogP contribution in [0.2, 0.25) is 5.02 Å². The number of hydrogen-bond acceptors (Lipinski definition) is 3. The number of aromatic nitrogens is 1. The fraction of sp³-hybridized carbons (Fsp3) is 0.294. The SMILES string of the molecule is CC(C)(CCl)C(=O)Nc1ccc(Oc2ncc(C(F)(F)F)cc2Cl)cc1. The van der Waals surface area contributed by atoms with E-state index in [0.29, 0.717) is 17.6 Å². The molecular formula is C17H15Cl2F3N2O2. The number of pyridine rings is 1. The van der Waals surface area contributed by atoms with Crippen molar-refractivity contribution in [2.24, 2.45) is 5.41 Å². The first kappa shape index (κ1) is 20.3. The number of anilines is 1. The van der Waals surface area contributed by atoms with Crippen molar-refractivity contribution in [3.63, 3.8) is 0 Å². The van der Waals surface area contributed by atoms with Gasteiger partial charge in [0.1, 0.15) is 10.8 Å². The molecule has 2 rings (SSSR count). The molecule has 0 aliphatic carbocycles. The van der Waals surface area contributed by atoms with Gasteiger partial charge in [0, 0.05) is 17.8 Å². The average Bonchev–Trinajstić information content (AvgIpc) is 2.57. The summed E-state index contributed by atoms with van der Waals surface area (Å²) in [6.45, 7) is 3.43. The van der Waals surface area contributed by atoms with Gasteiger partial charge in [-0.1, -0.05) is 11.6 Å². The van der Waals surface area contributed by atoms with E-state index in [1.54, 1.807) is 26.0 Å². The van der Waals surface area contributed by atoms with Gasteiger partial charge < -0.3 is 10.1 Å². The number of amides is 1. The molecule has 0 bridgehead atoms. The molecule has 0 saturated heterocycles. The minimum atomic E-state index is -4.54. The molecule has 1 N–H and O–H groups in total. The van der Waals surface area contributed by atoms with Crippen LogP contribution in [-0.4, -0.2) is 16.8 Å². The number of alkyl halides is 4. The summed E-state index contributed by atoms with van der Waals surface area (Å²) in [7, 11) is 0. The Balaban J connectivity index is 2.09. The van der Waals surface area contributed by atoms with Crippen molar-refractivity contribution in [1.29, 1.82) is 0 Å². The van der Waals surface area contributed by atoms with E-state index in [2.05, 4.69) is 10.3 Å². The largest absolute Gasteiger partial charge is 0.438 e. The first-order valence-corrected chi connectivity index (χ1v) is 8.32. The van der Waals surface area contributed by atoms with Crippen LogP contribution in [0.4, 0.5) is 18.9 Å². The van der Waals surface area contributed by atoms with E-state index in [1.165, 1.54) is 12.1 Å². The molecule has 1 aromatic carbocycles. The Morgan fingerprint density at radius 3 is 2.35 bits per heavy atom. The standard InChI is InChI=1S/C17H15Cl2F3N2O2/c1-16(2,9-18)15(25)24-11-3-5-12(6-4-11)26-14-13(19)7-10(8-23-14)17(20,21)22/h3-8H,9H2,1-2H3,(H,24,25). The monoisotopic (exact) mass is 406 g/mol. The zero-order chi connectivity index (χ0) is 19.5. The number of halogens is 5. The molecule has 4 nitrogen and oxygen atoms in total. The fourth-order valence-electron chi connectivity index (χ4n) is 1.73. The molecule has 0 aliphatic rings. The van der Waals surface area contributed by atoms with Crippen LogP contribution >= 0.6 is 23.2 Å². The number of nitrogens with zero attached hydrogens (tertiary/aromatic N) is 1. The number of carbonyl (C=O) groups excluding carboxylic acids is 1. The smallest absolute Gasteiger partial charge is 0.417 e. The minimum absolute atomic E-state index is 0.153. The molecular weight excluding hydrogens is 392 g/mol. The highest BCUT2D eigenvalue weighted by Crippen LogP contribution is 2.34. The van der Waals surface area contributed by atoms with Crippen LogP contribution in [0.5, 0.6) is 11.6 Å². The third kappa shape index (κ3) is 5.02. The lowest BCUT2D eigenvalue weighted by atomic mass is 9.95. The number of carbonyl (C=O) groups is 1. The van der Waals surface area contributed by atoms with Crippen molar-refractivity contribution >= 4 is 34.8 Å². The van der Waals surface area contributed by atoms with Crippen molar-refractivity contribution < 1.29 is 22.7 Å². The van der Waals surface area contributed by atoms with Gasteiger partial charge in [-0.05, 0) is 44.2 Å². The summed E-state index contributed by atoms with van der Waals surface area (Å²) in [5.41, 5.74) is -1.17. The molecule has 140 valence electrons. The summed E-state index contributed by atoms with van der Waals surface area (Å²) in [6, 6.07) is 6.95. The maximum absolute atomic E-state index is 12.6. The predicted molar refractivity (Wildman–Crippen MR) is 93.9 cm³/mol. The number of benzene rings is 1. The highest BCUT2D eigenvalue weighted by molar-refractivity contribution is 6.31. The van der Waals surface area contributed by atoms with Gasteiger partial charge in [0.2, 0.25) is 11.8 Å². The molecule has 0 saturated carbocycles. The summed E-state index contributed by atoms with van der Waals surface area (Å²) in [5.74, 6) is 0.0695. The second-order valence-electron chi connectivity index (χ2n) is 6.11. The van der Waals surface area contributed by atoms with Crippen LogP contribution in [0.25, 0.3) is 0 Å². The molecule has 2 aromatic rings. The van der Waals surface area contributed by atoms with Crippen LogP contribution < -0.4 is 10.1 Å². The zero-order valence-electron chi connectivity index (χ0n) is 13.8.